The SMILES string of the molecule is O=Cc1ccc(CCN2CC3CC(C3)C2)cc1. The largest absolute Gasteiger partial charge is 0.302 e. The van der Waals surface area contributed by atoms with E-state index in [0.717, 1.165) is 30.1 Å². The summed E-state index contributed by atoms with van der Waals surface area (Å²) in [6.45, 7) is 3.79. The Morgan fingerprint density at radius 2 is 1.76 bits per heavy atom. The van der Waals surface area contributed by atoms with Crippen molar-refractivity contribution in [2.24, 2.45) is 11.8 Å². The molecule has 2 heterocycles. The van der Waals surface area contributed by atoms with Gasteiger partial charge in [-0.15, -0.1) is 0 Å². The highest BCUT2D eigenvalue weighted by molar-refractivity contribution is 5.74. The first-order valence-electron chi connectivity index (χ1n) is 6.60. The van der Waals surface area contributed by atoms with Gasteiger partial charge in [0.05, 0.1) is 0 Å². The van der Waals surface area contributed by atoms with Crippen LogP contribution in [-0.2, 0) is 6.42 Å². The Balaban J connectivity index is 1.51. The van der Waals surface area contributed by atoms with Gasteiger partial charge in [-0.2, -0.15) is 0 Å². The Morgan fingerprint density at radius 3 is 2.35 bits per heavy atom. The van der Waals surface area contributed by atoms with Crippen LogP contribution < -0.4 is 0 Å². The second-order valence-corrected chi connectivity index (χ2v) is 5.57. The zero-order valence-corrected chi connectivity index (χ0v) is 10.1. The molecule has 2 saturated heterocycles. The molecule has 0 atom stereocenters. The summed E-state index contributed by atoms with van der Waals surface area (Å²) in [5, 5.41) is 0. The zero-order valence-electron chi connectivity index (χ0n) is 10.1. The first-order chi connectivity index (χ1) is 8.33. The highest BCUT2D eigenvalue weighted by Crippen LogP contribution is 2.39. The van der Waals surface area contributed by atoms with Crippen LogP contribution in [-0.4, -0.2) is 30.8 Å². The number of fused-ring (bicyclic) bond motifs is 2. The fourth-order valence-corrected chi connectivity index (χ4v) is 3.21. The third-order valence-electron chi connectivity index (χ3n) is 4.20. The standard InChI is InChI=1S/C15H19NO/c17-11-13-3-1-12(2-4-13)5-6-16-9-14-7-15(8-14)10-16/h1-4,11,14-15H,5-10H2. The summed E-state index contributed by atoms with van der Waals surface area (Å²) in [6.07, 6.45) is 4.97. The van der Waals surface area contributed by atoms with E-state index in [1.807, 2.05) is 12.1 Å². The molecule has 0 amide bonds. The highest BCUT2D eigenvalue weighted by atomic mass is 16.1. The van der Waals surface area contributed by atoms with Crippen molar-refractivity contribution in [2.45, 2.75) is 19.3 Å². The molecule has 2 heteroatoms. The molecule has 3 aliphatic rings. The van der Waals surface area contributed by atoms with Crippen LogP contribution >= 0.6 is 0 Å². The van der Waals surface area contributed by atoms with Crippen LogP contribution in [0.1, 0.15) is 28.8 Å². The van der Waals surface area contributed by atoms with Gasteiger partial charge < -0.3 is 4.90 Å². The lowest BCUT2D eigenvalue weighted by atomic mass is 9.71. The number of hydrogen-bond donors (Lipinski definition) is 0. The number of rotatable bonds is 4. The number of aldehydes is 1. The third-order valence-corrected chi connectivity index (χ3v) is 4.20. The maximum absolute atomic E-state index is 10.6. The molecule has 0 radical (unpaired) electrons. The maximum Gasteiger partial charge on any atom is 0.150 e. The highest BCUT2D eigenvalue weighted by Gasteiger charge is 2.36. The van der Waals surface area contributed by atoms with Crippen LogP contribution in [0.25, 0.3) is 0 Å². The molecule has 1 saturated carbocycles. The summed E-state index contributed by atoms with van der Waals surface area (Å²) < 4.78 is 0. The van der Waals surface area contributed by atoms with E-state index in [-0.39, 0.29) is 0 Å². The molecule has 2 bridgehead atoms. The van der Waals surface area contributed by atoms with Gasteiger partial charge in [-0.1, -0.05) is 24.3 Å². The first kappa shape index (κ1) is 11.0. The number of hydrogen-bond acceptors (Lipinski definition) is 2. The van der Waals surface area contributed by atoms with Crippen LogP contribution in [0.4, 0.5) is 0 Å². The van der Waals surface area contributed by atoms with Crippen molar-refractivity contribution in [2.75, 3.05) is 19.6 Å². The molecule has 1 aromatic carbocycles. The van der Waals surface area contributed by atoms with E-state index in [9.17, 15) is 4.79 Å². The fourth-order valence-electron chi connectivity index (χ4n) is 3.21. The summed E-state index contributed by atoms with van der Waals surface area (Å²) in [7, 11) is 0. The second kappa shape index (κ2) is 4.61. The van der Waals surface area contributed by atoms with Gasteiger partial charge in [0.2, 0.25) is 0 Å². The van der Waals surface area contributed by atoms with Gasteiger partial charge in [-0.3, -0.25) is 4.79 Å². The summed E-state index contributed by atoms with van der Waals surface area (Å²) in [6, 6.07) is 7.98. The van der Waals surface area contributed by atoms with E-state index in [1.54, 1.807) is 0 Å². The van der Waals surface area contributed by atoms with E-state index in [4.69, 9.17) is 0 Å². The minimum Gasteiger partial charge on any atom is -0.302 e. The molecular weight excluding hydrogens is 210 g/mol. The van der Waals surface area contributed by atoms with Gasteiger partial charge in [-0.25, -0.2) is 0 Å². The Labute approximate surface area is 103 Å². The van der Waals surface area contributed by atoms with Crippen molar-refractivity contribution in [3.05, 3.63) is 35.4 Å². The Bertz CT molecular complexity index is 382. The van der Waals surface area contributed by atoms with Crippen LogP contribution in [0.15, 0.2) is 24.3 Å². The minimum atomic E-state index is 0.771. The normalized spacial score (nSPS) is 27.5. The van der Waals surface area contributed by atoms with Crippen molar-refractivity contribution in [1.29, 1.82) is 0 Å². The van der Waals surface area contributed by atoms with Crippen LogP contribution in [0.3, 0.4) is 0 Å². The second-order valence-electron chi connectivity index (χ2n) is 5.57. The molecule has 2 nitrogen and oxygen atoms in total. The van der Waals surface area contributed by atoms with Gasteiger partial charge in [0.1, 0.15) is 6.29 Å². The summed E-state index contributed by atoms with van der Waals surface area (Å²) in [5.41, 5.74) is 2.11. The number of benzene rings is 1. The fraction of sp³-hybridized carbons (Fsp3) is 0.533. The van der Waals surface area contributed by atoms with Crippen molar-refractivity contribution in [3.8, 4) is 0 Å². The summed E-state index contributed by atoms with van der Waals surface area (Å²) in [5.74, 6) is 1.98. The predicted octanol–water partition coefficient (Wildman–Crippen LogP) is 2.38. The maximum atomic E-state index is 10.6. The monoisotopic (exact) mass is 229 g/mol. The third kappa shape index (κ3) is 2.42. The molecule has 0 N–H and O–H groups in total. The summed E-state index contributed by atoms with van der Waals surface area (Å²) >= 11 is 0. The Morgan fingerprint density at radius 1 is 1.12 bits per heavy atom. The Hall–Kier alpha value is -1.15. The van der Waals surface area contributed by atoms with E-state index in [1.165, 1.54) is 38.0 Å². The van der Waals surface area contributed by atoms with Gasteiger partial charge in [0, 0.05) is 25.2 Å². The van der Waals surface area contributed by atoms with Gasteiger partial charge >= 0.3 is 0 Å². The van der Waals surface area contributed by atoms with Crippen LogP contribution in [0.2, 0.25) is 0 Å². The lowest BCUT2D eigenvalue weighted by Gasteiger charge is -2.47. The molecule has 1 aliphatic carbocycles. The number of carbonyl (C=O) groups is 1. The van der Waals surface area contributed by atoms with E-state index < -0.39 is 0 Å². The molecular formula is C15H19NO. The van der Waals surface area contributed by atoms with Crippen molar-refractivity contribution in [1.82, 2.24) is 4.90 Å². The number of nitrogens with zero attached hydrogens (tertiary/aromatic N) is 1. The van der Waals surface area contributed by atoms with Crippen molar-refractivity contribution >= 4 is 6.29 Å². The molecule has 0 unspecified atom stereocenters. The average Bonchev–Trinajstić information content (AvgIpc) is 2.36. The molecule has 4 rings (SSSR count). The average molecular weight is 229 g/mol. The lowest BCUT2D eigenvalue weighted by Crippen LogP contribution is -2.49. The van der Waals surface area contributed by atoms with E-state index in [0.29, 0.717) is 0 Å². The van der Waals surface area contributed by atoms with Crippen molar-refractivity contribution in [3.63, 3.8) is 0 Å². The summed E-state index contributed by atoms with van der Waals surface area (Å²) in [4.78, 5) is 13.2. The minimum absolute atomic E-state index is 0.771. The van der Waals surface area contributed by atoms with Gasteiger partial charge in [-0.05, 0) is 36.7 Å². The molecule has 17 heavy (non-hydrogen) atoms. The zero-order chi connectivity index (χ0) is 11.7. The molecule has 1 aromatic rings. The Kier molecular flexibility index (Phi) is 2.98. The molecule has 3 fully saturated rings. The molecule has 0 aromatic heterocycles. The van der Waals surface area contributed by atoms with Crippen LogP contribution in [0, 0.1) is 11.8 Å². The number of carbonyl (C=O) groups excluding carboxylic acids is 1. The topological polar surface area (TPSA) is 20.3 Å². The quantitative estimate of drug-likeness (QED) is 0.739. The van der Waals surface area contributed by atoms with Crippen LogP contribution in [0.5, 0.6) is 0 Å². The predicted molar refractivity (Wildman–Crippen MR) is 68.2 cm³/mol. The van der Waals surface area contributed by atoms with E-state index in [2.05, 4.69) is 17.0 Å². The van der Waals surface area contributed by atoms with Crippen molar-refractivity contribution < 1.29 is 4.79 Å². The smallest absolute Gasteiger partial charge is 0.150 e. The lowest BCUT2D eigenvalue weighted by molar-refractivity contribution is 0.0284. The number of piperidine rings is 2. The molecule has 90 valence electrons. The van der Waals surface area contributed by atoms with Gasteiger partial charge in [0.15, 0.2) is 0 Å². The molecule has 2 aliphatic heterocycles. The first-order valence-corrected chi connectivity index (χ1v) is 6.60. The van der Waals surface area contributed by atoms with E-state index >= 15 is 0 Å². The van der Waals surface area contributed by atoms with Gasteiger partial charge in [0.25, 0.3) is 0 Å². The molecule has 0 spiro atoms.